The zero-order valence-electron chi connectivity index (χ0n) is 10.5. The number of hydrogen-bond donors (Lipinski definition) is 1. The van der Waals surface area contributed by atoms with E-state index in [1.807, 2.05) is 6.92 Å². The zero-order valence-corrected chi connectivity index (χ0v) is 10.5. The van der Waals surface area contributed by atoms with E-state index in [-0.39, 0.29) is 5.56 Å². The highest BCUT2D eigenvalue weighted by molar-refractivity contribution is 4.95. The number of nitrogens with one attached hydrogen (secondary N) is 1. The second-order valence-electron chi connectivity index (χ2n) is 4.85. The van der Waals surface area contributed by atoms with Gasteiger partial charge in [0.15, 0.2) is 0 Å². The first-order chi connectivity index (χ1) is 8.25. The lowest BCUT2D eigenvalue weighted by molar-refractivity contribution is 0.490. The molecule has 1 aromatic heterocycles. The first kappa shape index (κ1) is 12.3. The van der Waals surface area contributed by atoms with Gasteiger partial charge in [-0.15, -0.1) is 0 Å². The van der Waals surface area contributed by atoms with Crippen LogP contribution in [0.3, 0.4) is 0 Å². The molecule has 1 aromatic rings. The fourth-order valence-electron chi connectivity index (χ4n) is 2.37. The monoisotopic (exact) mass is 235 g/mol. The summed E-state index contributed by atoms with van der Waals surface area (Å²) in [6.07, 6.45) is 7.98. The summed E-state index contributed by atoms with van der Waals surface area (Å²) >= 11 is 0. The highest BCUT2D eigenvalue weighted by Gasteiger charge is 2.13. The van der Waals surface area contributed by atoms with Crippen LogP contribution in [0.25, 0.3) is 0 Å². The molecule has 1 fully saturated rings. The van der Waals surface area contributed by atoms with Crippen LogP contribution >= 0.6 is 0 Å². The van der Waals surface area contributed by atoms with Gasteiger partial charge in [-0.05, 0) is 32.7 Å². The van der Waals surface area contributed by atoms with Crippen molar-refractivity contribution < 1.29 is 0 Å². The Labute approximate surface area is 102 Å². The second-order valence-corrected chi connectivity index (χ2v) is 4.85. The number of aromatic nitrogens is 2. The fraction of sp³-hybridized carbons (Fsp3) is 0.692. The van der Waals surface area contributed by atoms with Crippen molar-refractivity contribution in [3.8, 4) is 0 Å². The summed E-state index contributed by atoms with van der Waals surface area (Å²) in [5.74, 6) is 0. The summed E-state index contributed by atoms with van der Waals surface area (Å²) in [4.78, 5) is 15.7. The van der Waals surface area contributed by atoms with Crippen LogP contribution in [0.5, 0.6) is 0 Å². The first-order valence-electron chi connectivity index (χ1n) is 6.52. The molecule has 0 aromatic carbocycles. The van der Waals surface area contributed by atoms with Gasteiger partial charge < -0.3 is 5.32 Å². The average Bonchev–Trinajstić information content (AvgIpc) is 2.79. The van der Waals surface area contributed by atoms with Gasteiger partial charge >= 0.3 is 0 Å². The predicted octanol–water partition coefficient (Wildman–Crippen LogP) is 1.47. The highest BCUT2D eigenvalue weighted by Crippen LogP contribution is 2.17. The smallest absolute Gasteiger partial charge is 0.253 e. The van der Waals surface area contributed by atoms with Crippen molar-refractivity contribution in [3.05, 3.63) is 28.4 Å². The maximum Gasteiger partial charge on any atom is 0.253 e. The van der Waals surface area contributed by atoms with Crippen molar-refractivity contribution in [2.75, 3.05) is 6.54 Å². The maximum absolute atomic E-state index is 11.6. The molecule has 1 N–H and O–H groups in total. The molecular weight excluding hydrogens is 214 g/mol. The summed E-state index contributed by atoms with van der Waals surface area (Å²) in [5.41, 5.74) is 0.841. The lowest BCUT2D eigenvalue weighted by atomic mass is 10.2. The summed E-state index contributed by atoms with van der Waals surface area (Å²) in [6.45, 7) is 3.59. The van der Waals surface area contributed by atoms with E-state index in [1.165, 1.54) is 25.7 Å². The van der Waals surface area contributed by atoms with E-state index >= 15 is 0 Å². The third-order valence-corrected chi connectivity index (χ3v) is 3.38. The van der Waals surface area contributed by atoms with Gasteiger partial charge in [-0.1, -0.05) is 12.8 Å². The molecule has 1 heterocycles. The SMILES string of the molecule is Cc1cc(=O)n(CCCNC2CCCC2)cn1. The standard InChI is InChI=1S/C13H21N3O/c1-11-9-13(17)16(10-15-11)8-4-7-14-12-5-2-3-6-12/h9-10,12,14H,2-8H2,1H3. The van der Waals surface area contributed by atoms with Crippen molar-refractivity contribution in [1.29, 1.82) is 0 Å². The van der Waals surface area contributed by atoms with E-state index in [1.54, 1.807) is 17.0 Å². The lowest BCUT2D eigenvalue weighted by Crippen LogP contribution is -2.29. The van der Waals surface area contributed by atoms with Crippen molar-refractivity contribution >= 4 is 0 Å². The maximum atomic E-state index is 11.6. The van der Waals surface area contributed by atoms with Crippen LogP contribution in [0.4, 0.5) is 0 Å². The third-order valence-electron chi connectivity index (χ3n) is 3.38. The minimum absolute atomic E-state index is 0.0540. The van der Waals surface area contributed by atoms with Gasteiger partial charge in [-0.3, -0.25) is 9.36 Å². The van der Waals surface area contributed by atoms with E-state index in [2.05, 4.69) is 10.3 Å². The summed E-state index contributed by atoms with van der Waals surface area (Å²) in [7, 11) is 0. The first-order valence-corrected chi connectivity index (χ1v) is 6.52. The Morgan fingerprint density at radius 1 is 1.47 bits per heavy atom. The zero-order chi connectivity index (χ0) is 12.1. The molecule has 0 aliphatic heterocycles. The van der Waals surface area contributed by atoms with Crippen LogP contribution in [-0.4, -0.2) is 22.1 Å². The van der Waals surface area contributed by atoms with Crippen molar-refractivity contribution in [3.63, 3.8) is 0 Å². The average molecular weight is 235 g/mol. The second kappa shape index (κ2) is 5.96. The molecule has 1 aliphatic carbocycles. The Bertz CT molecular complexity index is 407. The van der Waals surface area contributed by atoms with Crippen LogP contribution in [0, 0.1) is 6.92 Å². The number of rotatable bonds is 5. The van der Waals surface area contributed by atoms with Crippen LogP contribution in [0.15, 0.2) is 17.2 Å². The molecule has 4 nitrogen and oxygen atoms in total. The molecular formula is C13H21N3O. The van der Waals surface area contributed by atoms with E-state index in [0.29, 0.717) is 6.04 Å². The van der Waals surface area contributed by atoms with Crippen LogP contribution in [-0.2, 0) is 6.54 Å². The Kier molecular flexibility index (Phi) is 4.31. The molecule has 4 heteroatoms. The van der Waals surface area contributed by atoms with Gasteiger partial charge in [0.25, 0.3) is 5.56 Å². The van der Waals surface area contributed by atoms with Crippen molar-refractivity contribution in [2.24, 2.45) is 0 Å². The molecule has 94 valence electrons. The summed E-state index contributed by atoms with van der Waals surface area (Å²) in [6, 6.07) is 2.30. The molecule has 0 atom stereocenters. The van der Waals surface area contributed by atoms with Crippen molar-refractivity contribution in [1.82, 2.24) is 14.9 Å². The molecule has 17 heavy (non-hydrogen) atoms. The van der Waals surface area contributed by atoms with E-state index in [0.717, 1.165) is 25.2 Å². The van der Waals surface area contributed by atoms with Crippen LogP contribution in [0.2, 0.25) is 0 Å². The molecule has 0 unspecified atom stereocenters. The third kappa shape index (κ3) is 3.66. The quantitative estimate of drug-likeness (QED) is 0.786. The summed E-state index contributed by atoms with van der Waals surface area (Å²) in [5, 5.41) is 3.55. The Balaban J connectivity index is 1.72. The topological polar surface area (TPSA) is 46.9 Å². The van der Waals surface area contributed by atoms with Gasteiger partial charge in [0, 0.05) is 24.3 Å². The van der Waals surface area contributed by atoms with E-state index < -0.39 is 0 Å². The minimum atomic E-state index is 0.0540. The molecule has 0 spiro atoms. The van der Waals surface area contributed by atoms with E-state index in [4.69, 9.17) is 0 Å². The molecule has 0 bridgehead atoms. The number of nitrogens with zero attached hydrogens (tertiary/aromatic N) is 2. The fourth-order valence-corrected chi connectivity index (χ4v) is 2.37. The molecule has 0 amide bonds. The Hall–Kier alpha value is -1.16. The summed E-state index contributed by atoms with van der Waals surface area (Å²) < 4.78 is 1.68. The van der Waals surface area contributed by atoms with E-state index in [9.17, 15) is 4.79 Å². The molecule has 1 saturated carbocycles. The normalized spacial score (nSPS) is 16.5. The molecule has 1 aliphatic rings. The van der Waals surface area contributed by atoms with Crippen molar-refractivity contribution in [2.45, 2.75) is 51.6 Å². The van der Waals surface area contributed by atoms with Crippen LogP contribution in [0.1, 0.15) is 37.8 Å². The lowest BCUT2D eigenvalue weighted by Gasteiger charge is -2.11. The molecule has 0 saturated heterocycles. The number of aryl methyl sites for hydroxylation is 2. The Morgan fingerprint density at radius 3 is 2.94 bits per heavy atom. The van der Waals surface area contributed by atoms with Crippen LogP contribution < -0.4 is 10.9 Å². The molecule has 0 radical (unpaired) electrons. The van der Waals surface area contributed by atoms with Gasteiger partial charge in [-0.25, -0.2) is 4.98 Å². The van der Waals surface area contributed by atoms with Gasteiger partial charge in [0.2, 0.25) is 0 Å². The van der Waals surface area contributed by atoms with Gasteiger partial charge in [0.1, 0.15) is 0 Å². The highest BCUT2D eigenvalue weighted by atomic mass is 16.1. The number of hydrogen-bond acceptors (Lipinski definition) is 3. The minimum Gasteiger partial charge on any atom is -0.314 e. The largest absolute Gasteiger partial charge is 0.314 e. The van der Waals surface area contributed by atoms with Gasteiger partial charge in [-0.2, -0.15) is 0 Å². The predicted molar refractivity (Wildman–Crippen MR) is 68.1 cm³/mol. The molecule has 2 rings (SSSR count). The van der Waals surface area contributed by atoms with Gasteiger partial charge in [0.05, 0.1) is 6.33 Å². The Morgan fingerprint density at radius 2 is 2.24 bits per heavy atom.